The Balaban J connectivity index is 0.000000806. The van der Waals surface area contributed by atoms with Gasteiger partial charge in [0.25, 0.3) is 5.56 Å². The van der Waals surface area contributed by atoms with E-state index in [4.69, 9.17) is 14.3 Å². The van der Waals surface area contributed by atoms with Gasteiger partial charge in [-0.25, -0.2) is 9.97 Å². The molecule has 1 N–H and O–H groups in total. The number of nitro groups is 1. The molecule has 4 aromatic rings. The number of nitrogens with zero attached hydrogens (tertiary/aromatic N) is 3. The number of nitrogens with one attached hydrogen (secondary N) is 1. The molecule has 10 nitrogen and oxygen atoms in total. The van der Waals surface area contributed by atoms with Crippen LogP contribution >= 0.6 is 11.3 Å². The summed E-state index contributed by atoms with van der Waals surface area (Å²) in [5.41, 5.74) is 1.25. The number of aryl methyl sites for hydroxylation is 1. The molecule has 0 atom stereocenters. The Bertz CT molecular complexity index is 1310. The van der Waals surface area contributed by atoms with E-state index >= 15 is 0 Å². The zero-order valence-electron chi connectivity index (χ0n) is 15.3. The van der Waals surface area contributed by atoms with E-state index in [0.717, 1.165) is 5.56 Å². The quantitative estimate of drug-likeness (QED) is 0.387. The first-order valence-electron chi connectivity index (χ1n) is 8.29. The minimum Gasteiger partial charge on any atom is -0.450 e. The van der Waals surface area contributed by atoms with Crippen LogP contribution < -0.4 is 10.3 Å². The van der Waals surface area contributed by atoms with Gasteiger partial charge < -0.3 is 9.72 Å². The second-order valence-electron chi connectivity index (χ2n) is 5.84. The van der Waals surface area contributed by atoms with E-state index in [0.29, 0.717) is 21.2 Å². The lowest BCUT2D eigenvalue weighted by Gasteiger charge is -2.07. The smallest absolute Gasteiger partial charge is 0.373 e. The van der Waals surface area contributed by atoms with E-state index in [9.17, 15) is 14.9 Å². The summed E-state index contributed by atoms with van der Waals surface area (Å²) in [6, 6.07) is 11.8. The van der Waals surface area contributed by atoms with Crippen LogP contribution in [0.25, 0.3) is 20.9 Å². The molecule has 2 heterocycles. The van der Waals surface area contributed by atoms with Crippen LogP contribution in [-0.4, -0.2) is 26.0 Å². The summed E-state index contributed by atoms with van der Waals surface area (Å²) >= 11 is 1.19. The highest BCUT2D eigenvalue weighted by atomic mass is 32.1. The number of nitro benzene ring substituents is 1. The van der Waals surface area contributed by atoms with Gasteiger partial charge in [-0.15, -0.1) is 0 Å². The zero-order valence-corrected chi connectivity index (χ0v) is 16.1. The Morgan fingerprint density at radius 3 is 2.50 bits per heavy atom. The summed E-state index contributed by atoms with van der Waals surface area (Å²) in [7, 11) is 0. The van der Waals surface area contributed by atoms with Gasteiger partial charge in [-0.05, 0) is 31.2 Å². The molecule has 2 aromatic heterocycles. The van der Waals surface area contributed by atoms with E-state index in [1.807, 2.05) is 19.1 Å². The molecule has 2 aromatic carbocycles. The number of hydrogen-bond acceptors (Lipinski definition) is 9. The molecule has 4 rings (SSSR count). The molecule has 150 valence electrons. The number of H-pyrrole nitrogens is 1. The highest BCUT2D eigenvalue weighted by Crippen LogP contribution is 2.36. The largest absolute Gasteiger partial charge is 0.450 e. The summed E-state index contributed by atoms with van der Waals surface area (Å²) in [4.78, 5) is 50.3. The second kappa shape index (κ2) is 8.86. The lowest BCUT2D eigenvalue weighted by atomic mass is 10.2. The molecular weight excluding hydrogens is 412 g/mol. The first kappa shape index (κ1) is 20.5. The van der Waals surface area contributed by atoms with Crippen LogP contribution in [0.2, 0.25) is 0 Å². The molecule has 0 aliphatic rings. The monoisotopic (exact) mass is 424 g/mol. The fourth-order valence-electron chi connectivity index (χ4n) is 2.50. The normalized spacial score (nSPS) is 10.0. The molecule has 0 amide bonds. The summed E-state index contributed by atoms with van der Waals surface area (Å²) in [5.74, 6) is 0.636. The second-order valence-corrected chi connectivity index (χ2v) is 6.82. The number of benzene rings is 2. The van der Waals surface area contributed by atoms with E-state index in [-0.39, 0.29) is 28.7 Å². The minimum absolute atomic E-state index is 0.129. The van der Waals surface area contributed by atoms with Crippen molar-refractivity contribution in [2.24, 2.45) is 0 Å². The van der Waals surface area contributed by atoms with Gasteiger partial charge >= 0.3 is 11.8 Å². The van der Waals surface area contributed by atoms with E-state index in [2.05, 4.69) is 15.0 Å². The van der Waals surface area contributed by atoms with Crippen LogP contribution in [0, 0.1) is 17.0 Å². The highest BCUT2D eigenvalue weighted by molar-refractivity contribution is 7.21. The molecule has 0 aliphatic heterocycles. The van der Waals surface area contributed by atoms with Gasteiger partial charge in [-0.1, -0.05) is 29.0 Å². The van der Waals surface area contributed by atoms with Gasteiger partial charge in [0, 0.05) is 11.6 Å². The third-order valence-corrected chi connectivity index (χ3v) is 4.87. The van der Waals surface area contributed by atoms with E-state index in [1.165, 1.54) is 29.8 Å². The molecule has 0 fully saturated rings. The Kier molecular flexibility index (Phi) is 6.06. The number of fused-ring (bicyclic) bond motifs is 1. The fraction of sp³-hybridized carbons (Fsp3) is 0.0526. The summed E-state index contributed by atoms with van der Waals surface area (Å²) in [6.45, 7) is 1.94. The standard InChI is InChI=1S/C18H12N4O4S.CO2/c1-10-2-5-12(6-3-10)26-14-7-4-11(8-13(14)22(24)25)17-21-15-16(23)19-9-20-18(15)27-17;2-1-3/h2-9H,1H3,(H,19,20,23);. The van der Waals surface area contributed by atoms with Crippen molar-refractivity contribution in [3.05, 3.63) is 74.8 Å². The minimum atomic E-state index is -0.509. The van der Waals surface area contributed by atoms with Crippen molar-refractivity contribution in [2.45, 2.75) is 6.92 Å². The number of carbonyl (C=O) groups excluding carboxylic acids is 2. The average Bonchev–Trinajstić information content (AvgIpc) is 3.16. The molecule has 0 aliphatic carbocycles. The topological polar surface area (TPSA) is 145 Å². The Hall–Kier alpha value is -4.21. The van der Waals surface area contributed by atoms with Crippen molar-refractivity contribution in [3.63, 3.8) is 0 Å². The van der Waals surface area contributed by atoms with Crippen molar-refractivity contribution >= 4 is 33.5 Å². The molecule has 0 bridgehead atoms. The number of aromatic nitrogens is 3. The summed E-state index contributed by atoms with van der Waals surface area (Å²) in [5, 5.41) is 12.0. The molecule has 0 saturated heterocycles. The predicted octanol–water partition coefficient (Wildman–Crippen LogP) is 3.47. The number of thiazole rings is 1. The van der Waals surface area contributed by atoms with Crippen LogP contribution in [0.5, 0.6) is 11.5 Å². The van der Waals surface area contributed by atoms with E-state index < -0.39 is 4.92 Å². The van der Waals surface area contributed by atoms with Gasteiger partial charge in [-0.2, -0.15) is 9.59 Å². The van der Waals surface area contributed by atoms with Crippen molar-refractivity contribution in [3.8, 4) is 22.1 Å². The van der Waals surface area contributed by atoms with Crippen LogP contribution in [0.4, 0.5) is 5.69 Å². The van der Waals surface area contributed by atoms with Gasteiger partial charge in [0.1, 0.15) is 10.8 Å². The van der Waals surface area contributed by atoms with Crippen molar-refractivity contribution in [2.75, 3.05) is 0 Å². The zero-order chi connectivity index (χ0) is 21.7. The maximum Gasteiger partial charge on any atom is 0.373 e. The molecule has 0 radical (unpaired) electrons. The van der Waals surface area contributed by atoms with Gasteiger partial charge in [-0.3, -0.25) is 14.9 Å². The fourth-order valence-corrected chi connectivity index (χ4v) is 3.41. The third kappa shape index (κ3) is 4.43. The number of rotatable bonds is 4. The summed E-state index contributed by atoms with van der Waals surface area (Å²) < 4.78 is 5.67. The first-order chi connectivity index (χ1) is 14.4. The third-order valence-electron chi connectivity index (χ3n) is 3.85. The van der Waals surface area contributed by atoms with Gasteiger partial charge in [0.05, 0.1) is 11.3 Å². The van der Waals surface area contributed by atoms with Crippen LogP contribution in [0.3, 0.4) is 0 Å². The number of ether oxygens (including phenoxy) is 1. The molecule has 0 spiro atoms. The number of aromatic amines is 1. The maximum atomic E-state index is 11.8. The summed E-state index contributed by atoms with van der Waals surface area (Å²) in [6.07, 6.45) is 1.55. The highest BCUT2D eigenvalue weighted by Gasteiger charge is 2.19. The molecular formula is C19H12N4O6S. The van der Waals surface area contributed by atoms with Gasteiger partial charge in [0.2, 0.25) is 5.75 Å². The predicted molar refractivity (Wildman–Crippen MR) is 106 cm³/mol. The molecule has 0 unspecified atom stereocenters. The molecule has 11 heteroatoms. The van der Waals surface area contributed by atoms with Crippen molar-refractivity contribution in [1.29, 1.82) is 0 Å². The lowest BCUT2D eigenvalue weighted by Crippen LogP contribution is -2.05. The Labute approximate surface area is 172 Å². The lowest BCUT2D eigenvalue weighted by molar-refractivity contribution is -0.385. The van der Waals surface area contributed by atoms with Crippen LogP contribution in [-0.2, 0) is 9.59 Å². The molecule has 0 saturated carbocycles. The first-order valence-corrected chi connectivity index (χ1v) is 9.11. The molecule has 30 heavy (non-hydrogen) atoms. The Morgan fingerprint density at radius 1 is 1.17 bits per heavy atom. The van der Waals surface area contributed by atoms with Gasteiger partial charge in [0.15, 0.2) is 10.3 Å². The van der Waals surface area contributed by atoms with Crippen molar-refractivity contribution in [1.82, 2.24) is 15.0 Å². The SMILES string of the molecule is Cc1ccc(Oc2ccc(-c3nc4c(=O)[nH]cnc4s3)cc2[N+](=O)[O-])cc1.O=C=O. The maximum absolute atomic E-state index is 11.8. The van der Waals surface area contributed by atoms with Crippen molar-refractivity contribution < 1.29 is 19.2 Å². The van der Waals surface area contributed by atoms with Crippen LogP contribution in [0.15, 0.2) is 53.6 Å². The Morgan fingerprint density at radius 2 is 1.87 bits per heavy atom. The average molecular weight is 424 g/mol. The number of hydrogen-bond donors (Lipinski definition) is 1. The van der Waals surface area contributed by atoms with E-state index in [1.54, 1.807) is 18.2 Å². The van der Waals surface area contributed by atoms with Crippen LogP contribution in [0.1, 0.15) is 5.56 Å².